The van der Waals surface area contributed by atoms with Gasteiger partial charge in [-0.05, 0) is 109 Å². The predicted molar refractivity (Wildman–Crippen MR) is 141 cm³/mol. The molecule has 2 bridgehead atoms. The molecule has 188 valence electrons. The molecule has 3 nitrogen and oxygen atoms in total. The van der Waals surface area contributed by atoms with E-state index in [-0.39, 0.29) is 16.6 Å². The van der Waals surface area contributed by atoms with Crippen molar-refractivity contribution < 1.29 is 9.13 Å². The average Bonchev–Trinajstić information content (AvgIpc) is 3.57. The van der Waals surface area contributed by atoms with Crippen LogP contribution >= 0.6 is 0 Å². The lowest BCUT2D eigenvalue weighted by Crippen LogP contribution is -2.55. The van der Waals surface area contributed by atoms with Crippen LogP contribution in [0.5, 0.6) is 0 Å². The summed E-state index contributed by atoms with van der Waals surface area (Å²) in [5, 5.41) is 2.52. The third kappa shape index (κ3) is 2.89. The zero-order chi connectivity index (χ0) is 24.1. The van der Waals surface area contributed by atoms with Gasteiger partial charge in [0.25, 0.3) is 0 Å². The van der Waals surface area contributed by atoms with E-state index in [2.05, 4.69) is 53.2 Å². The number of hydrogen-bond acceptors (Lipinski definition) is 3. The SMILES string of the molecule is C[C@]12CC=C3C=C4CC[C@@H](N5CC[C@@H](F)C5)CC45CC[C@]3(O5)[C@@H]1CCC2c1ccc2ccncc2c1. The van der Waals surface area contributed by atoms with Gasteiger partial charge in [0.05, 0.1) is 11.2 Å². The number of ether oxygens (including phenoxy) is 1. The standard InChI is InChI=1S/C32H37FN2O/c1-30-11-8-25-17-24-4-5-27(35-15-10-26(33)20-35)18-31(24)12-13-32(25,36-31)29(30)7-6-28(30)22-3-2-21-9-14-34-19-23(21)16-22/h2-3,8-9,14,16-17,19,26-29H,4-7,10-13,15,18,20H2,1H3/t26-,27-,28?,29-,30-,31?,32-/m1/s1. The van der Waals surface area contributed by atoms with Crippen molar-refractivity contribution in [3.05, 3.63) is 65.5 Å². The summed E-state index contributed by atoms with van der Waals surface area (Å²) < 4.78 is 21.5. The molecule has 0 N–H and O–H groups in total. The highest BCUT2D eigenvalue weighted by atomic mass is 19.1. The minimum absolute atomic E-state index is 0.111. The number of aromatic nitrogens is 1. The molecular formula is C32H37FN2O. The van der Waals surface area contributed by atoms with E-state index in [4.69, 9.17) is 4.74 Å². The Balaban J connectivity index is 1.14. The van der Waals surface area contributed by atoms with Gasteiger partial charge in [-0.25, -0.2) is 4.39 Å². The molecule has 1 aromatic heterocycles. The van der Waals surface area contributed by atoms with E-state index in [1.165, 1.54) is 40.3 Å². The maximum Gasteiger partial charge on any atom is 0.114 e. The molecule has 3 aliphatic heterocycles. The van der Waals surface area contributed by atoms with Crippen molar-refractivity contribution in [2.75, 3.05) is 13.1 Å². The van der Waals surface area contributed by atoms with Gasteiger partial charge in [-0.1, -0.05) is 31.2 Å². The third-order valence-corrected chi connectivity index (χ3v) is 11.4. The molecule has 4 heterocycles. The summed E-state index contributed by atoms with van der Waals surface area (Å²) in [6.07, 6.45) is 18.3. The van der Waals surface area contributed by atoms with Crippen molar-refractivity contribution in [1.82, 2.24) is 9.88 Å². The Morgan fingerprint density at radius 2 is 2.03 bits per heavy atom. The minimum atomic E-state index is -0.642. The molecule has 7 atom stereocenters. The molecule has 36 heavy (non-hydrogen) atoms. The Morgan fingerprint density at radius 1 is 1.08 bits per heavy atom. The molecule has 2 spiro atoms. The topological polar surface area (TPSA) is 25.4 Å². The highest BCUT2D eigenvalue weighted by Gasteiger charge is 2.66. The quantitative estimate of drug-likeness (QED) is 0.464. The molecule has 8 rings (SSSR count). The van der Waals surface area contributed by atoms with Gasteiger partial charge in [0.1, 0.15) is 6.17 Å². The van der Waals surface area contributed by atoms with Gasteiger partial charge in [0, 0.05) is 36.9 Å². The lowest BCUT2D eigenvalue weighted by Gasteiger charge is -2.55. The molecule has 2 unspecified atom stereocenters. The summed E-state index contributed by atoms with van der Waals surface area (Å²) in [6, 6.07) is 9.63. The van der Waals surface area contributed by atoms with Crippen molar-refractivity contribution in [3.8, 4) is 0 Å². The second-order valence-electron chi connectivity index (χ2n) is 13.0. The molecule has 2 aromatic rings. The van der Waals surface area contributed by atoms with E-state index in [0.717, 1.165) is 45.1 Å². The number of rotatable bonds is 2. The van der Waals surface area contributed by atoms with Crippen LogP contribution in [0.15, 0.2) is 60.0 Å². The van der Waals surface area contributed by atoms with E-state index in [9.17, 15) is 4.39 Å². The Labute approximate surface area is 213 Å². The Kier molecular flexibility index (Phi) is 4.59. The summed E-state index contributed by atoms with van der Waals surface area (Å²) in [5.74, 6) is 1.11. The highest BCUT2D eigenvalue weighted by molar-refractivity contribution is 5.82. The predicted octanol–water partition coefficient (Wildman–Crippen LogP) is 6.89. The molecule has 4 heteroatoms. The minimum Gasteiger partial charge on any atom is -0.359 e. The number of halogens is 1. The summed E-state index contributed by atoms with van der Waals surface area (Å²) in [4.78, 5) is 6.81. The number of alkyl halides is 1. The second kappa shape index (κ2) is 7.51. The molecule has 6 aliphatic rings. The van der Waals surface area contributed by atoms with Crippen LogP contribution in [0, 0.1) is 11.3 Å². The molecule has 3 aliphatic carbocycles. The molecule has 0 radical (unpaired) electrons. The van der Waals surface area contributed by atoms with Gasteiger partial charge < -0.3 is 4.74 Å². The lowest BCUT2D eigenvalue weighted by atomic mass is 9.58. The maximum atomic E-state index is 14.0. The summed E-state index contributed by atoms with van der Waals surface area (Å²) >= 11 is 0. The van der Waals surface area contributed by atoms with Crippen LogP contribution in [0.4, 0.5) is 4.39 Å². The van der Waals surface area contributed by atoms with E-state index in [1.54, 1.807) is 0 Å². The highest BCUT2D eigenvalue weighted by Crippen LogP contribution is 2.69. The van der Waals surface area contributed by atoms with Crippen LogP contribution in [-0.2, 0) is 4.74 Å². The summed E-state index contributed by atoms with van der Waals surface area (Å²) in [6.45, 7) is 4.09. The van der Waals surface area contributed by atoms with Gasteiger partial charge in [0.2, 0.25) is 0 Å². The van der Waals surface area contributed by atoms with E-state index >= 15 is 0 Å². The van der Waals surface area contributed by atoms with E-state index in [0.29, 0.717) is 30.8 Å². The van der Waals surface area contributed by atoms with Crippen LogP contribution in [0.1, 0.15) is 76.2 Å². The number of fused-ring (bicyclic) bond motifs is 2. The first-order valence-corrected chi connectivity index (χ1v) is 14.3. The molecule has 2 saturated carbocycles. The second-order valence-corrected chi connectivity index (χ2v) is 13.0. The fourth-order valence-corrected chi connectivity index (χ4v) is 9.64. The third-order valence-electron chi connectivity index (χ3n) is 11.4. The van der Waals surface area contributed by atoms with Gasteiger partial charge in [-0.15, -0.1) is 0 Å². The fraction of sp³-hybridized carbons (Fsp3) is 0.594. The average molecular weight is 485 g/mol. The fourth-order valence-electron chi connectivity index (χ4n) is 9.64. The number of nitrogens with zero attached hydrogens (tertiary/aromatic N) is 2. The van der Waals surface area contributed by atoms with Crippen LogP contribution in [0.3, 0.4) is 0 Å². The van der Waals surface area contributed by atoms with Crippen LogP contribution in [0.2, 0.25) is 0 Å². The Morgan fingerprint density at radius 3 is 2.92 bits per heavy atom. The largest absolute Gasteiger partial charge is 0.359 e. The van der Waals surface area contributed by atoms with Crippen molar-refractivity contribution in [1.29, 1.82) is 0 Å². The zero-order valence-corrected chi connectivity index (χ0v) is 21.4. The lowest BCUT2D eigenvalue weighted by molar-refractivity contribution is -0.140. The van der Waals surface area contributed by atoms with Crippen molar-refractivity contribution in [2.24, 2.45) is 11.3 Å². The number of allylic oxidation sites excluding steroid dienone is 1. The molecule has 1 aromatic carbocycles. The number of likely N-dealkylation sites (tertiary alicyclic amines) is 1. The first-order valence-electron chi connectivity index (χ1n) is 14.3. The van der Waals surface area contributed by atoms with Crippen molar-refractivity contribution >= 4 is 10.8 Å². The van der Waals surface area contributed by atoms with Crippen molar-refractivity contribution in [2.45, 2.75) is 94.0 Å². The number of hydrogen-bond donors (Lipinski definition) is 0. The first kappa shape index (κ1) is 22.0. The van der Waals surface area contributed by atoms with Gasteiger partial charge in [-0.3, -0.25) is 9.88 Å². The van der Waals surface area contributed by atoms with Crippen LogP contribution in [0.25, 0.3) is 10.8 Å². The van der Waals surface area contributed by atoms with E-state index in [1.807, 2.05) is 12.4 Å². The van der Waals surface area contributed by atoms with E-state index < -0.39 is 6.17 Å². The van der Waals surface area contributed by atoms with Gasteiger partial charge >= 0.3 is 0 Å². The zero-order valence-electron chi connectivity index (χ0n) is 21.4. The monoisotopic (exact) mass is 484 g/mol. The van der Waals surface area contributed by atoms with Gasteiger partial charge in [0.15, 0.2) is 0 Å². The Bertz CT molecular complexity index is 1300. The van der Waals surface area contributed by atoms with Crippen LogP contribution < -0.4 is 0 Å². The summed E-state index contributed by atoms with van der Waals surface area (Å²) in [7, 11) is 0. The van der Waals surface area contributed by atoms with Crippen molar-refractivity contribution in [3.63, 3.8) is 0 Å². The molecular weight excluding hydrogens is 447 g/mol. The van der Waals surface area contributed by atoms with Gasteiger partial charge in [-0.2, -0.15) is 0 Å². The number of benzene rings is 1. The van der Waals surface area contributed by atoms with Crippen LogP contribution in [-0.4, -0.2) is 46.4 Å². The molecule has 4 fully saturated rings. The maximum absolute atomic E-state index is 14.0. The Hall–Kier alpha value is -2.04. The molecule has 2 saturated heterocycles. The smallest absolute Gasteiger partial charge is 0.114 e. The molecule has 0 amide bonds. The normalized spacial score (nSPS) is 43.6. The number of pyridine rings is 1. The summed E-state index contributed by atoms with van der Waals surface area (Å²) in [5.41, 5.74) is 4.47. The first-order chi connectivity index (χ1) is 17.5.